The smallest absolute Gasteiger partial charge is 0.229 e. The number of methoxy groups -OCH3 is 1. The molecule has 2 heterocycles. The zero-order valence-corrected chi connectivity index (χ0v) is 15.2. The van der Waals surface area contributed by atoms with Gasteiger partial charge in [0, 0.05) is 30.0 Å². The van der Waals surface area contributed by atoms with Crippen molar-refractivity contribution in [3.63, 3.8) is 0 Å². The highest BCUT2D eigenvalue weighted by Crippen LogP contribution is 2.27. The molecule has 0 spiro atoms. The fourth-order valence-corrected chi connectivity index (χ4v) is 3.32. The third-order valence-electron chi connectivity index (χ3n) is 4.47. The normalized spacial score (nSPS) is 13.2. The highest BCUT2D eigenvalue weighted by molar-refractivity contribution is 6.30. The molecule has 26 heavy (non-hydrogen) atoms. The van der Waals surface area contributed by atoms with Gasteiger partial charge in [0.1, 0.15) is 11.6 Å². The van der Waals surface area contributed by atoms with E-state index in [0.29, 0.717) is 11.0 Å². The fraction of sp³-hybridized carbons (Fsp3) is 0.200. The van der Waals surface area contributed by atoms with E-state index in [4.69, 9.17) is 16.3 Å². The van der Waals surface area contributed by atoms with Crippen molar-refractivity contribution in [2.75, 3.05) is 23.9 Å². The van der Waals surface area contributed by atoms with Crippen LogP contribution in [-0.2, 0) is 13.0 Å². The third kappa shape index (κ3) is 3.58. The van der Waals surface area contributed by atoms with Gasteiger partial charge in [-0.2, -0.15) is 4.98 Å². The quantitative estimate of drug-likeness (QED) is 0.739. The number of rotatable bonds is 4. The standard InChI is InChI=1S/C20H19ClN4O/c1-26-18-6-5-15-13-25(10-8-14(15)11-18)19-7-9-22-20(24-19)23-17-4-2-3-16(21)12-17/h2-7,9,11-12H,8,10,13H2,1H3,(H,22,23,24). The second-order valence-corrected chi connectivity index (χ2v) is 6.62. The van der Waals surface area contributed by atoms with Crippen molar-refractivity contribution in [1.82, 2.24) is 9.97 Å². The van der Waals surface area contributed by atoms with Crippen molar-refractivity contribution in [2.45, 2.75) is 13.0 Å². The average molecular weight is 367 g/mol. The average Bonchev–Trinajstić information content (AvgIpc) is 2.67. The lowest BCUT2D eigenvalue weighted by atomic mass is 9.99. The van der Waals surface area contributed by atoms with Crippen LogP contribution in [0.25, 0.3) is 0 Å². The van der Waals surface area contributed by atoms with Gasteiger partial charge in [-0.3, -0.25) is 0 Å². The molecule has 0 radical (unpaired) electrons. The molecule has 1 aromatic heterocycles. The zero-order chi connectivity index (χ0) is 17.9. The summed E-state index contributed by atoms with van der Waals surface area (Å²) in [6, 6.07) is 15.7. The first-order valence-electron chi connectivity index (χ1n) is 8.47. The molecule has 1 N–H and O–H groups in total. The lowest BCUT2D eigenvalue weighted by Gasteiger charge is -2.30. The summed E-state index contributed by atoms with van der Waals surface area (Å²) in [5.74, 6) is 2.38. The van der Waals surface area contributed by atoms with E-state index in [-0.39, 0.29) is 0 Å². The molecule has 0 fully saturated rings. The number of halogens is 1. The number of hydrogen-bond acceptors (Lipinski definition) is 5. The van der Waals surface area contributed by atoms with Gasteiger partial charge in [0.2, 0.25) is 5.95 Å². The maximum Gasteiger partial charge on any atom is 0.229 e. The topological polar surface area (TPSA) is 50.3 Å². The third-order valence-corrected chi connectivity index (χ3v) is 4.71. The van der Waals surface area contributed by atoms with Crippen LogP contribution in [0.4, 0.5) is 17.5 Å². The van der Waals surface area contributed by atoms with Crippen molar-refractivity contribution in [2.24, 2.45) is 0 Å². The number of aromatic nitrogens is 2. The summed E-state index contributed by atoms with van der Waals surface area (Å²) in [5, 5.41) is 3.88. The minimum Gasteiger partial charge on any atom is -0.497 e. The van der Waals surface area contributed by atoms with Crippen molar-refractivity contribution in [3.05, 3.63) is 70.9 Å². The van der Waals surface area contributed by atoms with Crippen LogP contribution in [0.15, 0.2) is 54.7 Å². The Morgan fingerprint density at radius 1 is 1.12 bits per heavy atom. The molecule has 0 atom stereocenters. The molecular formula is C20H19ClN4O. The number of nitrogens with one attached hydrogen (secondary N) is 1. The van der Waals surface area contributed by atoms with Gasteiger partial charge >= 0.3 is 0 Å². The summed E-state index contributed by atoms with van der Waals surface area (Å²) in [4.78, 5) is 11.2. The Kier molecular flexibility index (Phi) is 4.63. The maximum atomic E-state index is 6.04. The van der Waals surface area contributed by atoms with Gasteiger partial charge in [-0.1, -0.05) is 23.7 Å². The molecule has 0 bridgehead atoms. The van der Waals surface area contributed by atoms with Gasteiger partial charge in [-0.15, -0.1) is 0 Å². The van der Waals surface area contributed by atoms with E-state index in [2.05, 4.69) is 32.3 Å². The summed E-state index contributed by atoms with van der Waals surface area (Å²) < 4.78 is 5.32. The molecular weight excluding hydrogens is 348 g/mol. The molecule has 0 saturated heterocycles. The molecule has 132 valence electrons. The lowest BCUT2D eigenvalue weighted by molar-refractivity contribution is 0.413. The molecule has 5 nitrogen and oxygen atoms in total. The summed E-state index contributed by atoms with van der Waals surface area (Å²) in [6.07, 6.45) is 2.74. The summed E-state index contributed by atoms with van der Waals surface area (Å²) in [5.41, 5.74) is 3.51. The highest BCUT2D eigenvalue weighted by Gasteiger charge is 2.18. The Labute approximate surface area is 157 Å². The zero-order valence-electron chi connectivity index (χ0n) is 14.4. The Morgan fingerprint density at radius 2 is 2.04 bits per heavy atom. The van der Waals surface area contributed by atoms with Gasteiger partial charge in [0.05, 0.1) is 7.11 Å². The largest absolute Gasteiger partial charge is 0.497 e. The van der Waals surface area contributed by atoms with Crippen molar-refractivity contribution in [1.29, 1.82) is 0 Å². The van der Waals surface area contributed by atoms with Crippen LogP contribution >= 0.6 is 11.6 Å². The number of anilines is 3. The molecule has 0 saturated carbocycles. The van der Waals surface area contributed by atoms with Crippen molar-refractivity contribution in [3.8, 4) is 5.75 Å². The van der Waals surface area contributed by atoms with Crippen molar-refractivity contribution < 1.29 is 4.74 Å². The second kappa shape index (κ2) is 7.22. The Hall–Kier alpha value is -2.79. The summed E-state index contributed by atoms with van der Waals surface area (Å²) in [7, 11) is 1.70. The second-order valence-electron chi connectivity index (χ2n) is 6.18. The van der Waals surface area contributed by atoms with Crippen LogP contribution in [0.1, 0.15) is 11.1 Å². The molecule has 0 unspecified atom stereocenters. The van der Waals surface area contributed by atoms with Gasteiger partial charge in [0.15, 0.2) is 0 Å². The van der Waals surface area contributed by atoms with Crippen LogP contribution in [0.5, 0.6) is 5.75 Å². The van der Waals surface area contributed by atoms with Crippen LogP contribution < -0.4 is 15.0 Å². The first-order valence-corrected chi connectivity index (χ1v) is 8.85. The molecule has 0 amide bonds. The lowest BCUT2D eigenvalue weighted by Crippen LogP contribution is -2.31. The first-order chi connectivity index (χ1) is 12.7. The minimum absolute atomic E-state index is 0.560. The van der Waals surface area contributed by atoms with E-state index in [0.717, 1.165) is 36.8 Å². The maximum absolute atomic E-state index is 6.04. The van der Waals surface area contributed by atoms with Gasteiger partial charge in [-0.05, 0) is 53.9 Å². The van der Waals surface area contributed by atoms with Gasteiger partial charge < -0.3 is 15.0 Å². The van der Waals surface area contributed by atoms with Gasteiger partial charge in [-0.25, -0.2) is 4.98 Å². The monoisotopic (exact) mass is 366 g/mol. The van der Waals surface area contributed by atoms with Crippen LogP contribution in [0, 0.1) is 0 Å². The van der Waals surface area contributed by atoms with Crippen LogP contribution in [-0.4, -0.2) is 23.6 Å². The molecule has 2 aromatic carbocycles. The van der Waals surface area contributed by atoms with Crippen molar-refractivity contribution >= 4 is 29.1 Å². The highest BCUT2D eigenvalue weighted by atomic mass is 35.5. The number of ether oxygens (including phenoxy) is 1. The number of hydrogen-bond donors (Lipinski definition) is 1. The molecule has 1 aliphatic rings. The van der Waals surface area contributed by atoms with E-state index >= 15 is 0 Å². The number of benzene rings is 2. The SMILES string of the molecule is COc1ccc2c(c1)CCN(c1ccnc(Nc3cccc(Cl)c3)n1)C2. The van der Waals surface area contributed by atoms with Gasteiger partial charge in [0.25, 0.3) is 0 Å². The predicted octanol–water partition coefficient (Wildman–Crippen LogP) is 4.44. The molecule has 4 rings (SSSR count). The first kappa shape index (κ1) is 16.7. The molecule has 3 aromatic rings. The van der Waals surface area contributed by atoms with E-state index < -0.39 is 0 Å². The Balaban J connectivity index is 1.53. The van der Waals surface area contributed by atoms with E-state index in [1.165, 1.54) is 11.1 Å². The number of nitrogens with zero attached hydrogens (tertiary/aromatic N) is 3. The minimum atomic E-state index is 0.560. The fourth-order valence-electron chi connectivity index (χ4n) is 3.13. The Bertz CT molecular complexity index is 931. The molecule has 1 aliphatic heterocycles. The Morgan fingerprint density at radius 3 is 2.88 bits per heavy atom. The molecule has 0 aliphatic carbocycles. The summed E-state index contributed by atoms with van der Waals surface area (Å²) in [6.45, 7) is 1.74. The van der Waals surface area contributed by atoms with E-state index in [1.54, 1.807) is 13.3 Å². The van der Waals surface area contributed by atoms with E-state index in [9.17, 15) is 0 Å². The van der Waals surface area contributed by atoms with E-state index in [1.807, 2.05) is 36.4 Å². The molecule has 6 heteroatoms. The number of fused-ring (bicyclic) bond motifs is 1. The predicted molar refractivity (Wildman–Crippen MR) is 105 cm³/mol. The van der Waals surface area contributed by atoms with Crippen LogP contribution in [0.2, 0.25) is 5.02 Å². The van der Waals surface area contributed by atoms with Crippen LogP contribution in [0.3, 0.4) is 0 Å². The summed E-state index contributed by atoms with van der Waals surface area (Å²) >= 11 is 6.04.